The fourth-order valence-electron chi connectivity index (χ4n) is 6.29. The standard InChI is InChI=1S/C13H15N5O3.C13H18N4OS.C7H10N2OS.C6H7N3O2.CH3NO2/c19-12(17-5-1-2-6-17)8-14-13-15-10-4-3-9(18(20)21)7-11(10)16-13;14-10-5-1-2-6-11(10)16-13(19)15-9-12(18)17-7-3-4-8-17;10-7(5-8-6-11)9-3-1-2-4-9;7-5-2-1-4(9(10)11)3-6(5)8;1-2(3)4/h3-4,7H,1-2,5-6,8H2,(H2,14,15,16);1-2,5-6H,3-4,7-9,14H2,(H2,15,16,19);1-5H2;1-3H,7-8H2;1H3. The van der Waals surface area contributed by atoms with Gasteiger partial charge in [-0.2, -0.15) is 0 Å². The van der Waals surface area contributed by atoms with Crippen LogP contribution in [0, 0.1) is 30.3 Å². The second-order valence-electron chi connectivity index (χ2n) is 14.5. The Bertz CT molecular complexity index is 2360. The molecule has 66 heavy (non-hydrogen) atoms. The minimum Gasteiger partial charge on any atom is -0.397 e. The van der Waals surface area contributed by atoms with E-state index < -0.39 is 14.8 Å². The summed E-state index contributed by atoms with van der Waals surface area (Å²) in [5.74, 6) is 0.638. The van der Waals surface area contributed by atoms with Crippen LogP contribution in [0.1, 0.15) is 38.5 Å². The van der Waals surface area contributed by atoms with Crippen molar-refractivity contribution in [2.45, 2.75) is 38.5 Å². The number of fused-ring (bicyclic) bond motifs is 1. The number of hydrogen-bond acceptors (Lipinski definition) is 17. The molecule has 3 fully saturated rings. The summed E-state index contributed by atoms with van der Waals surface area (Å²) in [6.45, 7) is 5.65. The molecule has 0 atom stereocenters. The van der Waals surface area contributed by atoms with Gasteiger partial charge in [0.15, 0.2) is 12.2 Å². The number of para-hydroxylation sites is 2. The lowest BCUT2D eigenvalue weighted by Gasteiger charge is -2.17. The van der Waals surface area contributed by atoms with Crippen molar-refractivity contribution in [2.75, 3.05) is 93.8 Å². The predicted molar refractivity (Wildman–Crippen MR) is 258 cm³/mol. The van der Waals surface area contributed by atoms with Gasteiger partial charge >= 0.3 is 0 Å². The smallest absolute Gasteiger partial charge is 0.271 e. The van der Waals surface area contributed by atoms with E-state index in [-0.39, 0.29) is 54.4 Å². The fourth-order valence-corrected chi connectivity index (χ4v) is 6.53. The van der Waals surface area contributed by atoms with Crippen molar-refractivity contribution < 1.29 is 29.2 Å². The minimum atomic E-state index is -0.518. The first-order chi connectivity index (χ1) is 31.5. The Morgan fingerprint density at radius 2 is 1.24 bits per heavy atom. The zero-order valence-corrected chi connectivity index (χ0v) is 37.8. The van der Waals surface area contributed by atoms with Crippen LogP contribution < -0.4 is 33.2 Å². The molecule has 0 spiro atoms. The molecule has 0 bridgehead atoms. The summed E-state index contributed by atoms with van der Waals surface area (Å²) in [7, 11) is 0.889. The third-order valence-electron chi connectivity index (χ3n) is 9.63. The number of hydrogen-bond donors (Lipinski definition) is 7. The molecule has 26 heteroatoms. The molecule has 3 aliphatic heterocycles. The molecule has 24 nitrogen and oxygen atoms in total. The fraction of sp³-hybridized carbons (Fsp3) is 0.400. The highest BCUT2D eigenvalue weighted by molar-refractivity contribution is 7.80. The van der Waals surface area contributed by atoms with Gasteiger partial charge in [-0.15, -0.1) is 0 Å². The molecule has 0 saturated carbocycles. The van der Waals surface area contributed by atoms with Crippen LogP contribution >= 0.6 is 24.4 Å². The molecule has 0 unspecified atom stereocenters. The quantitative estimate of drug-likeness (QED) is 0.0387. The maximum Gasteiger partial charge on any atom is 0.271 e. The van der Waals surface area contributed by atoms with E-state index in [2.05, 4.69) is 48.3 Å². The van der Waals surface area contributed by atoms with Gasteiger partial charge in [0.1, 0.15) is 6.54 Å². The Balaban J connectivity index is 0.000000235. The van der Waals surface area contributed by atoms with Gasteiger partial charge < -0.3 is 52.8 Å². The number of rotatable bonds is 10. The summed E-state index contributed by atoms with van der Waals surface area (Å²) in [5, 5.41) is 41.1. The van der Waals surface area contributed by atoms with Crippen molar-refractivity contribution >= 4 is 104 Å². The number of imidazole rings is 1. The number of carbonyl (C=O) groups excluding carboxylic acids is 3. The van der Waals surface area contributed by atoms with Crippen molar-refractivity contribution in [3.05, 3.63) is 91.0 Å². The summed E-state index contributed by atoms with van der Waals surface area (Å²) in [5.41, 5.74) is 19.6. The average molecular weight is 952 g/mol. The normalized spacial score (nSPS) is 13.4. The molecule has 3 aromatic carbocycles. The Hall–Kier alpha value is -7.57. The molecule has 3 amide bonds. The van der Waals surface area contributed by atoms with Crippen LogP contribution in [0.25, 0.3) is 11.0 Å². The van der Waals surface area contributed by atoms with Gasteiger partial charge in [0, 0.05) is 68.5 Å². The van der Waals surface area contributed by atoms with E-state index in [1.54, 1.807) is 12.1 Å². The van der Waals surface area contributed by atoms with E-state index in [1.165, 1.54) is 30.3 Å². The number of nitrogens with two attached hydrogens (primary N) is 3. The summed E-state index contributed by atoms with van der Waals surface area (Å²) in [6, 6.07) is 15.7. The SMILES string of the molecule is C[N+](=O)[O-].Nc1ccc([N+](=O)[O-])cc1N.Nc1ccccc1NC(=S)NCC(=O)N1CCCC1.O=C(CN=C=S)N1CCCC1.O=C(CNc1nc2ccc([N+](=O)[O-])cc2[nH]1)N1CCCC1. The summed E-state index contributed by atoms with van der Waals surface area (Å²) in [6.07, 6.45) is 6.53. The summed E-state index contributed by atoms with van der Waals surface area (Å²) >= 11 is 9.50. The number of nitrogens with zero attached hydrogens (tertiary/aromatic N) is 8. The highest BCUT2D eigenvalue weighted by Gasteiger charge is 2.20. The van der Waals surface area contributed by atoms with Gasteiger partial charge in [-0.25, -0.2) is 9.98 Å². The molecular weight excluding hydrogens is 899 g/mol. The topological polar surface area (TPSA) is 346 Å². The lowest BCUT2D eigenvalue weighted by atomic mass is 10.2. The van der Waals surface area contributed by atoms with Crippen molar-refractivity contribution in [1.29, 1.82) is 0 Å². The van der Waals surface area contributed by atoms with E-state index in [9.17, 15) is 34.6 Å². The minimum absolute atomic E-state index is 0.00541. The van der Waals surface area contributed by atoms with Gasteiger partial charge in [-0.3, -0.25) is 44.7 Å². The predicted octanol–water partition coefficient (Wildman–Crippen LogP) is 4.05. The number of likely N-dealkylation sites (tertiary alicyclic amines) is 3. The Morgan fingerprint density at radius 3 is 1.76 bits per heavy atom. The Kier molecular flexibility index (Phi) is 22.1. The number of nitrogens with one attached hydrogen (secondary N) is 4. The molecule has 0 radical (unpaired) electrons. The van der Waals surface area contributed by atoms with Crippen LogP contribution in [0.2, 0.25) is 0 Å². The van der Waals surface area contributed by atoms with Gasteiger partial charge in [-0.05, 0) is 87.2 Å². The number of isothiocyanates is 1. The molecule has 7 rings (SSSR count). The Morgan fingerprint density at radius 1 is 0.742 bits per heavy atom. The third kappa shape index (κ3) is 18.6. The third-order valence-corrected chi connectivity index (χ3v) is 10.0. The van der Waals surface area contributed by atoms with Crippen molar-refractivity contribution in [1.82, 2.24) is 30.0 Å². The van der Waals surface area contributed by atoms with Crippen molar-refractivity contribution in [2.24, 2.45) is 4.99 Å². The van der Waals surface area contributed by atoms with Crippen molar-refractivity contribution in [3.8, 4) is 0 Å². The summed E-state index contributed by atoms with van der Waals surface area (Å²) in [4.78, 5) is 79.4. The average Bonchev–Trinajstić information content (AvgIpc) is 4.14. The number of aliphatic imine (C=N–C) groups is 1. The van der Waals surface area contributed by atoms with Gasteiger partial charge in [0.2, 0.25) is 23.7 Å². The molecule has 3 aliphatic rings. The number of anilines is 5. The van der Waals surface area contributed by atoms with Gasteiger partial charge in [0.25, 0.3) is 11.4 Å². The molecule has 3 saturated heterocycles. The first kappa shape index (κ1) is 52.8. The first-order valence-electron chi connectivity index (χ1n) is 20.5. The first-order valence-corrected chi connectivity index (χ1v) is 21.3. The number of H-pyrrole nitrogens is 1. The van der Waals surface area contributed by atoms with E-state index in [0.29, 0.717) is 33.5 Å². The lowest BCUT2D eigenvalue weighted by Crippen LogP contribution is -2.40. The number of thiocarbonyl (C=S) groups is 2. The van der Waals surface area contributed by atoms with Crippen molar-refractivity contribution in [3.63, 3.8) is 0 Å². The highest BCUT2D eigenvalue weighted by atomic mass is 32.1. The number of nitro groups is 3. The number of aromatic amines is 1. The number of carbonyl (C=O) groups is 3. The number of nitrogen functional groups attached to an aromatic ring is 3. The molecule has 10 N–H and O–H groups in total. The maximum absolute atomic E-state index is 11.9. The van der Waals surface area contributed by atoms with E-state index in [1.807, 2.05) is 32.9 Å². The van der Waals surface area contributed by atoms with Crippen LogP contribution in [0.3, 0.4) is 0 Å². The largest absolute Gasteiger partial charge is 0.397 e. The molecule has 4 heterocycles. The highest BCUT2D eigenvalue weighted by Crippen LogP contribution is 2.22. The van der Waals surface area contributed by atoms with Crippen LogP contribution in [0.5, 0.6) is 0 Å². The molecule has 0 aliphatic carbocycles. The summed E-state index contributed by atoms with van der Waals surface area (Å²) < 4.78 is 0. The number of amides is 3. The zero-order chi connectivity index (χ0) is 48.6. The number of nitro benzene ring substituents is 2. The van der Waals surface area contributed by atoms with E-state index in [0.717, 1.165) is 90.5 Å². The molecule has 4 aromatic rings. The lowest BCUT2D eigenvalue weighted by molar-refractivity contribution is -0.445. The maximum atomic E-state index is 11.9. The zero-order valence-electron chi connectivity index (χ0n) is 36.2. The number of aromatic nitrogens is 2. The van der Waals surface area contributed by atoms with Crippen LogP contribution in [0.4, 0.5) is 40.1 Å². The van der Waals surface area contributed by atoms with E-state index >= 15 is 0 Å². The number of benzene rings is 3. The van der Waals surface area contributed by atoms with Gasteiger partial charge in [-0.1, -0.05) is 12.1 Å². The van der Waals surface area contributed by atoms with Crippen LogP contribution in [-0.4, -0.2) is 133 Å². The monoisotopic (exact) mass is 951 g/mol. The second-order valence-corrected chi connectivity index (χ2v) is 15.1. The molecule has 354 valence electrons. The van der Waals surface area contributed by atoms with Crippen LogP contribution in [0.15, 0.2) is 65.7 Å². The second kappa shape index (κ2) is 27.6. The molecule has 1 aromatic heterocycles. The molecular formula is C40H53N15O9S2. The van der Waals surface area contributed by atoms with E-state index in [4.69, 9.17) is 39.5 Å². The van der Waals surface area contributed by atoms with Crippen LogP contribution in [-0.2, 0) is 14.4 Å². The number of non-ortho nitro benzene ring substituents is 2. The Labute approximate surface area is 389 Å². The van der Waals surface area contributed by atoms with Gasteiger partial charge in [0.05, 0.1) is 61.9 Å².